The van der Waals surface area contributed by atoms with Crippen LogP contribution in [-0.4, -0.2) is 20.5 Å². The standard InChI is InChI=1S/C18H10F3IN4O2/c19-18(20,21)15-8-13(14-2-1-7-28-14)25-16-12(9-23-26(15)16)17(27)24-11-5-3-10(22)4-6-11/h1-9H,(H,24,27). The summed E-state index contributed by atoms with van der Waals surface area (Å²) in [5, 5.41) is 6.36. The second kappa shape index (κ2) is 6.93. The quantitative estimate of drug-likeness (QED) is 0.410. The molecule has 142 valence electrons. The van der Waals surface area contributed by atoms with Gasteiger partial charge < -0.3 is 9.73 Å². The lowest BCUT2D eigenvalue weighted by Crippen LogP contribution is -2.15. The highest BCUT2D eigenvalue weighted by molar-refractivity contribution is 14.1. The van der Waals surface area contributed by atoms with Gasteiger partial charge >= 0.3 is 6.18 Å². The van der Waals surface area contributed by atoms with E-state index in [4.69, 9.17) is 4.42 Å². The zero-order chi connectivity index (χ0) is 19.9. The number of hydrogen-bond acceptors (Lipinski definition) is 4. The first-order valence-corrected chi connectivity index (χ1v) is 8.97. The molecule has 28 heavy (non-hydrogen) atoms. The van der Waals surface area contributed by atoms with Gasteiger partial charge in [0.05, 0.1) is 12.5 Å². The lowest BCUT2D eigenvalue weighted by molar-refractivity contribution is -0.142. The third-order valence-corrected chi connectivity index (χ3v) is 4.60. The second-order valence-electron chi connectivity index (χ2n) is 5.76. The van der Waals surface area contributed by atoms with E-state index in [1.54, 1.807) is 24.3 Å². The molecule has 4 aromatic rings. The van der Waals surface area contributed by atoms with Crippen molar-refractivity contribution >= 4 is 39.8 Å². The smallest absolute Gasteiger partial charge is 0.433 e. The molecule has 6 nitrogen and oxygen atoms in total. The molecule has 3 aromatic heterocycles. The zero-order valence-corrected chi connectivity index (χ0v) is 16.0. The number of nitrogens with zero attached hydrogens (tertiary/aromatic N) is 3. The number of anilines is 1. The highest BCUT2D eigenvalue weighted by atomic mass is 127. The molecule has 0 fully saturated rings. The summed E-state index contributed by atoms with van der Waals surface area (Å²) in [6.07, 6.45) is -2.31. The average molecular weight is 498 g/mol. The van der Waals surface area contributed by atoms with Crippen molar-refractivity contribution in [1.82, 2.24) is 14.6 Å². The normalized spacial score (nSPS) is 11.7. The number of nitrogens with one attached hydrogen (secondary N) is 1. The van der Waals surface area contributed by atoms with Crippen LogP contribution in [0.1, 0.15) is 16.1 Å². The first kappa shape index (κ1) is 18.5. The predicted molar refractivity (Wildman–Crippen MR) is 103 cm³/mol. The van der Waals surface area contributed by atoms with E-state index in [0.717, 1.165) is 15.8 Å². The number of carbonyl (C=O) groups is 1. The summed E-state index contributed by atoms with van der Waals surface area (Å²) in [4.78, 5) is 16.8. The molecule has 0 radical (unpaired) electrons. The largest absolute Gasteiger partial charge is 0.463 e. The molecule has 0 saturated heterocycles. The molecular weight excluding hydrogens is 488 g/mol. The van der Waals surface area contributed by atoms with Crippen molar-refractivity contribution in [2.24, 2.45) is 0 Å². The van der Waals surface area contributed by atoms with E-state index in [1.807, 2.05) is 0 Å². The maximum Gasteiger partial charge on any atom is 0.433 e. The van der Waals surface area contributed by atoms with E-state index in [2.05, 4.69) is 38.0 Å². The third-order valence-electron chi connectivity index (χ3n) is 3.88. The van der Waals surface area contributed by atoms with Crippen molar-refractivity contribution in [3.05, 3.63) is 69.8 Å². The summed E-state index contributed by atoms with van der Waals surface area (Å²) < 4.78 is 47.3. The highest BCUT2D eigenvalue weighted by Crippen LogP contribution is 2.33. The second-order valence-corrected chi connectivity index (χ2v) is 7.00. The number of carbonyl (C=O) groups excluding carboxylic acids is 1. The molecule has 0 saturated carbocycles. The van der Waals surface area contributed by atoms with Crippen LogP contribution in [0.15, 0.2) is 59.3 Å². The van der Waals surface area contributed by atoms with Gasteiger partial charge in [-0.25, -0.2) is 9.50 Å². The van der Waals surface area contributed by atoms with Crippen LogP contribution in [0.2, 0.25) is 0 Å². The van der Waals surface area contributed by atoms with Crippen LogP contribution >= 0.6 is 22.6 Å². The maximum atomic E-state index is 13.5. The Kier molecular flexibility index (Phi) is 4.57. The number of aromatic nitrogens is 3. The van der Waals surface area contributed by atoms with Crippen LogP contribution in [0.25, 0.3) is 17.1 Å². The molecule has 0 bridgehead atoms. The lowest BCUT2D eigenvalue weighted by Gasteiger charge is -2.10. The Balaban J connectivity index is 1.82. The minimum atomic E-state index is -4.70. The number of hydrogen-bond donors (Lipinski definition) is 1. The van der Waals surface area contributed by atoms with Crippen molar-refractivity contribution in [3.8, 4) is 11.5 Å². The summed E-state index contributed by atoms with van der Waals surface area (Å²) in [6.45, 7) is 0. The lowest BCUT2D eigenvalue weighted by atomic mass is 10.2. The first-order chi connectivity index (χ1) is 13.3. The maximum absolute atomic E-state index is 13.5. The van der Waals surface area contributed by atoms with Gasteiger partial charge in [-0.05, 0) is 65.1 Å². The fraction of sp³-hybridized carbons (Fsp3) is 0.0556. The van der Waals surface area contributed by atoms with Crippen molar-refractivity contribution < 1.29 is 22.4 Å². The number of rotatable bonds is 3. The SMILES string of the molecule is O=C(Nc1ccc(I)cc1)c1cnn2c(C(F)(F)F)cc(-c3ccco3)nc12. The Morgan fingerprint density at radius 1 is 1.18 bits per heavy atom. The minimum Gasteiger partial charge on any atom is -0.463 e. The number of benzene rings is 1. The third kappa shape index (κ3) is 3.46. The molecule has 4 rings (SSSR count). The minimum absolute atomic E-state index is 0.0476. The van der Waals surface area contributed by atoms with Crippen LogP contribution in [0.5, 0.6) is 0 Å². The number of furan rings is 1. The van der Waals surface area contributed by atoms with Crippen LogP contribution in [0.3, 0.4) is 0 Å². The molecule has 0 atom stereocenters. The number of amides is 1. The van der Waals surface area contributed by atoms with Gasteiger partial charge in [-0.3, -0.25) is 4.79 Å². The zero-order valence-electron chi connectivity index (χ0n) is 13.9. The van der Waals surface area contributed by atoms with Crippen molar-refractivity contribution in [2.45, 2.75) is 6.18 Å². The molecule has 1 amide bonds. The molecule has 0 aliphatic heterocycles. The Morgan fingerprint density at radius 2 is 1.93 bits per heavy atom. The molecule has 0 aliphatic rings. The molecule has 0 spiro atoms. The molecular formula is C18H10F3IN4O2. The van der Waals surface area contributed by atoms with Gasteiger partial charge in [0.2, 0.25) is 0 Å². The number of halogens is 4. The predicted octanol–water partition coefficient (Wildman–Crippen LogP) is 4.87. The van der Waals surface area contributed by atoms with Crippen LogP contribution in [0, 0.1) is 3.57 Å². The first-order valence-electron chi connectivity index (χ1n) is 7.90. The molecule has 0 unspecified atom stereocenters. The van der Waals surface area contributed by atoms with E-state index in [-0.39, 0.29) is 22.7 Å². The van der Waals surface area contributed by atoms with Crippen molar-refractivity contribution in [1.29, 1.82) is 0 Å². The molecule has 10 heteroatoms. The van der Waals surface area contributed by atoms with E-state index < -0.39 is 17.8 Å². The average Bonchev–Trinajstić information content (AvgIpc) is 3.31. The van der Waals surface area contributed by atoms with E-state index >= 15 is 0 Å². The fourth-order valence-electron chi connectivity index (χ4n) is 2.61. The topological polar surface area (TPSA) is 72.4 Å². The van der Waals surface area contributed by atoms with Gasteiger partial charge in [-0.2, -0.15) is 18.3 Å². The summed E-state index contributed by atoms with van der Waals surface area (Å²) in [6, 6.07) is 10.8. The Labute approximate surface area is 169 Å². The molecule has 3 heterocycles. The van der Waals surface area contributed by atoms with Gasteiger partial charge in [0.1, 0.15) is 11.3 Å². The number of fused-ring (bicyclic) bond motifs is 1. The monoisotopic (exact) mass is 498 g/mol. The van der Waals surface area contributed by atoms with Crippen molar-refractivity contribution in [3.63, 3.8) is 0 Å². The van der Waals surface area contributed by atoms with Gasteiger partial charge in [0, 0.05) is 9.26 Å². The molecule has 0 aliphatic carbocycles. The Morgan fingerprint density at radius 3 is 2.57 bits per heavy atom. The fourth-order valence-corrected chi connectivity index (χ4v) is 2.97. The van der Waals surface area contributed by atoms with E-state index in [9.17, 15) is 18.0 Å². The van der Waals surface area contributed by atoms with Gasteiger partial charge in [-0.1, -0.05) is 0 Å². The van der Waals surface area contributed by atoms with E-state index in [0.29, 0.717) is 10.2 Å². The van der Waals surface area contributed by atoms with Crippen LogP contribution in [0.4, 0.5) is 18.9 Å². The summed E-state index contributed by atoms with van der Waals surface area (Å²) in [5.41, 5.74) is -0.907. The van der Waals surface area contributed by atoms with Crippen LogP contribution in [-0.2, 0) is 6.18 Å². The van der Waals surface area contributed by atoms with E-state index in [1.165, 1.54) is 18.4 Å². The van der Waals surface area contributed by atoms with Gasteiger partial charge in [0.25, 0.3) is 5.91 Å². The molecule has 1 aromatic carbocycles. The summed E-state index contributed by atoms with van der Waals surface area (Å²) >= 11 is 2.12. The van der Waals surface area contributed by atoms with Crippen LogP contribution < -0.4 is 5.32 Å². The Hall–Kier alpha value is -2.89. The highest BCUT2D eigenvalue weighted by Gasteiger charge is 2.36. The Bertz CT molecular complexity index is 1150. The van der Waals surface area contributed by atoms with Gasteiger partial charge in [-0.15, -0.1) is 0 Å². The molecule has 1 N–H and O–H groups in total. The van der Waals surface area contributed by atoms with Crippen molar-refractivity contribution in [2.75, 3.05) is 5.32 Å². The summed E-state index contributed by atoms with van der Waals surface area (Å²) in [5.74, 6) is -0.466. The number of alkyl halides is 3. The summed E-state index contributed by atoms with van der Waals surface area (Å²) in [7, 11) is 0. The van der Waals surface area contributed by atoms with Gasteiger partial charge in [0.15, 0.2) is 17.1 Å².